The lowest BCUT2D eigenvalue weighted by molar-refractivity contribution is -0.136. The normalized spacial score (nSPS) is 33.3. The van der Waals surface area contributed by atoms with E-state index in [2.05, 4.69) is 5.32 Å². The summed E-state index contributed by atoms with van der Waals surface area (Å²) in [6, 6.07) is 0. The minimum atomic E-state index is 0.230. The van der Waals surface area contributed by atoms with Crippen LogP contribution in [-0.4, -0.2) is 50.7 Å². The smallest absolute Gasteiger partial charge is 0.236 e. The Labute approximate surface area is 104 Å². The third kappa shape index (κ3) is 2.47. The maximum atomic E-state index is 12.0. The molecule has 2 fully saturated rings. The van der Waals surface area contributed by atoms with Crippen molar-refractivity contribution >= 4 is 5.91 Å². The van der Waals surface area contributed by atoms with E-state index in [0.29, 0.717) is 12.6 Å². The van der Waals surface area contributed by atoms with Crippen LogP contribution < -0.4 is 5.32 Å². The zero-order valence-corrected chi connectivity index (χ0v) is 11.0. The molecule has 4 heteroatoms. The molecule has 0 unspecified atom stereocenters. The highest BCUT2D eigenvalue weighted by molar-refractivity contribution is 5.78. The van der Waals surface area contributed by atoms with Gasteiger partial charge < -0.3 is 15.0 Å². The van der Waals surface area contributed by atoms with Crippen LogP contribution in [0.15, 0.2) is 0 Å². The summed E-state index contributed by atoms with van der Waals surface area (Å²) in [4.78, 5) is 14.0. The first-order chi connectivity index (χ1) is 8.22. The Balaban J connectivity index is 2.03. The SMILES string of the molecule is CNCC(=O)N1CCC[C@]2(CCC[C@H]2OC)C1. The highest BCUT2D eigenvalue weighted by Crippen LogP contribution is 2.46. The van der Waals surface area contributed by atoms with Crippen molar-refractivity contribution in [2.45, 2.75) is 38.2 Å². The molecule has 1 N–H and O–H groups in total. The molecule has 0 aromatic rings. The van der Waals surface area contributed by atoms with Gasteiger partial charge >= 0.3 is 0 Å². The van der Waals surface area contributed by atoms with E-state index in [-0.39, 0.29) is 11.3 Å². The van der Waals surface area contributed by atoms with E-state index in [0.717, 1.165) is 25.9 Å². The van der Waals surface area contributed by atoms with Gasteiger partial charge in [-0.25, -0.2) is 0 Å². The van der Waals surface area contributed by atoms with E-state index < -0.39 is 0 Å². The van der Waals surface area contributed by atoms with Gasteiger partial charge in [0, 0.05) is 25.6 Å². The molecule has 1 aliphatic carbocycles. The molecule has 2 rings (SSSR count). The molecule has 1 spiro atoms. The van der Waals surface area contributed by atoms with Crippen LogP contribution in [0.4, 0.5) is 0 Å². The maximum absolute atomic E-state index is 12.0. The number of nitrogens with zero attached hydrogens (tertiary/aromatic N) is 1. The third-order valence-corrected chi connectivity index (χ3v) is 4.40. The fourth-order valence-electron chi connectivity index (χ4n) is 3.58. The van der Waals surface area contributed by atoms with E-state index in [1.807, 2.05) is 19.1 Å². The van der Waals surface area contributed by atoms with Gasteiger partial charge in [0.1, 0.15) is 0 Å². The molecule has 2 aliphatic rings. The van der Waals surface area contributed by atoms with Crippen molar-refractivity contribution in [3.05, 3.63) is 0 Å². The lowest BCUT2D eigenvalue weighted by Crippen LogP contribution is -2.51. The number of carbonyl (C=O) groups is 1. The molecule has 1 saturated heterocycles. The van der Waals surface area contributed by atoms with Crippen molar-refractivity contribution in [1.29, 1.82) is 0 Å². The predicted molar refractivity (Wildman–Crippen MR) is 66.8 cm³/mol. The highest BCUT2D eigenvalue weighted by atomic mass is 16.5. The molecule has 98 valence electrons. The van der Waals surface area contributed by atoms with Gasteiger partial charge in [0.25, 0.3) is 0 Å². The monoisotopic (exact) mass is 240 g/mol. The van der Waals surface area contributed by atoms with Crippen LogP contribution in [0.3, 0.4) is 0 Å². The van der Waals surface area contributed by atoms with Crippen LogP contribution in [0, 0.1) is 5.41 Å². The molecule has 1 heterocycles. The van der Waals surface area contributed by atoms with Gasteiger partial charge in [0.15, 0.2) is 0 Å². The Morgan fingerprint density at radius 2 is 2.24 bits per heavy atom. The van der Waals surface area contributed by atoms with Crippen molar-refractivity contribution in [2.24, 2.45) is 5.41 Å². The van der Waals surface area contributed by atoms with E-state index >= 15 is 0 Å². The molecule has 0 radical (unpaired) electrons. The van der Waals surface area contributed by atoms with Crippen LogP contribution >= 0.6 is 0 Å². The summed E-state index contributed by atoms with van der Waals surface area (Å²) in [7, 11) is 3.64. The number of carbonyl (C=O) groups excluding carboxylic acids is 1. The van der Waals surface area contributed by atoms with Gasteiger partial charge in [-0.2, -0.15) is 0 Å². The van der Waals surface area contributed by atoms with Crippen molar-refractivity contribution in [3.63, 3.8) is 0 Å². The van der Waals surface area contributed by atoms with Crippen molar-refractivity contribution in [2.75, 3.05) is 33.8 Å². The summed E-state index contributed by atoms with van der Waals surface area (Å²) in [5, 5.41) is 2.95. The number of rotatable bonds is 3. The van der Waals surface area contributed by atoms with Crippen LogP contribution in [0.25, 0.3) is 0 Å². The second-order valence-electron chi connectivity index (χ2n) is 5.43. The molecule has 17 heavy (non-hydrogen) atoms. The molecule has 0 aromatic heterocycles. The highest BCUT2D eigenvalue weighted by Gasteiger charge is 2.46. The summed E-state index contributed by atoms with van der Waals surface area (Å²) in [5.74, 6) is 0.230. The van der Waals surface area contributed by atoms with Gasteiger partial charge in [-0.3, -0.25) is 4.79 Å². The number of hydrogen-bond donors (Lipinski definition) is 1. The summed E-state index contributed by atoms with van der Waals surface area (Å²) in [5.41, 5.74) is 0.246. The summed E-state index contributed by atoms with van der Waals surface area (Å²) >= 11 is 0. The summed E-state index contributed by atoms with van der Waals surface area (Å²) in [6.07, 6.45) is 6.31. The average molecular weight is 240 g/mol. The van der Waals surface area contributed by atoms with E-state index in [9.17, 15) is 4.79 Å². The van der Waals surface area contributed by atoms with Gasteiger partial charge in [-0.1, -0.05) is 6.42 Å². The topological polar surface area (TPSA) is 41.6 Å². The molecule has 2 atom stereocenters. The number of methoxy groups -OCH3 is 1. The molecule has 0 aromatic carbocycles. The first kappa shape index (κ1) is 12.8. The molecule has 0 bridgehead atoms. The minimum Gasteiger partial charge on any atom is -0.381 e. The Morgan fingerprint density at radius 3 is 2.94 bits per heavy atom. The van der Waals surface area contributed by atoms with Gasteiger partial charge in [0.05, 0.1) is 12.6 Å². The number of ether oxygens (including phenoxy) is 1. The lowest BCUT2D eigenvalue weighted by atomic mass is 9.76. The zero-order chi connectivity index (χ0) is 12.3. The van der Waals surface area contributed by atoms with Crippen LogP contribution in [0.1, 0.15) is 32.1 Å². The fourth-order valence-corrected chi connectivity index (χ4v) is 3.58. The number of likely N-dealkylation sites (tertiary alicyclic amines) is 1. The number of piperidine rings is 1. The third-order valence-electron chi connectivity index (χ3n) is 4.40. The quantitative estimate of drug-likeness (QED) is 0.800. The van der Waals surface area contributed by atoms with E-state index in [4.69, 9.17) is 4.74 Å². The standard InChI is InChI=1S/C13H24N2O2/c1-14-9-12(16)15-8-4-7-13(10-15)6-3-5-11(13)17-2/h11,14H,3-10H2,1-2H3/t11-,13-/m1/s1. The molecule has 1 aliphatic heterocycles. The maximum Gasteiger partial charge on any atom is 0.236 e. The van der Waals surface area contributed by atoms with Gasteiger partial charge in [0.2, 0.25) is 5.91 Å². The summed E-state index contributed by atoms with van der Waals surface area (Å²) in [6.45, 7) is 2.26. The molecular formula is C13H24N2O2. The minimum absolute atomic E-state index is 0.230. The van der Waals surface area contributed by atoms with Crippen LogP contribution in [0.2, 0.25) is 0 Å². The predicted octanol–water partition coefficient (Wildman–Crippen LogP) is 1.01. The number of amides is 1. The van der Waals surface area contributed by atoms with Gasteiger partial charge in [-0.05, 0) is 32.7 Å². The molecule has 4 nitrogen and oxygen atoms in total. The van der Waals surface area contributed by atoms with Crippen molar-refractivity contribution in [3.8, 4) is 0 Å². The van der Waals surface area contributed by atoms with Crippen LogP contribution in [0.5, 0.6) is 0 Å². The molecule has 1 amide bonds. The Hall–Kier alpha value is -0.610. The fraction of sp³-hybridized carbons (Fsp3) is 0.923. The lowest BCUT2D eigenvalue weighted by Gasteiger charge is -2.43. The largest absolute Gasteiger partial charge is 0.381 e. The van der Waals surface area contributed by atoms with Crippen LogP contribution in [-0.2, 0) is 9.53 Å². The van der Waals surface area contributed by atoms with E-state index in [1.165, 1.54) is 19.3 Å². The molecular weight excluding hydrogens is 216 g/mol. The number of nitrogens with one attached hydrogen (secondary N) is 1. The first-order valence-electron chi connectivity index (χ1n) is 6.67. The Kier molecular flexibility index (Phi) is 4.05. The second-order valence-corrected chi connectivity index (χ2v) is 5.43. The molecule has 1 saturated carbocycles. The number of likely N-dealkylation sites (N-methyl/N-ethyl adjacent to an activating group) is 1. The van der Waals surface area contributed by atoms with Crippen molar-refractivity contribution < 1.29 is 9.53 Å². The van der Waals surface area contributed by atoms with E-state index in [1.54, 1.807) is 0 Å². The first-order valence-corrected chi connectivity index (χ1v) is 6.67. The number of hydrogen-bond acceptors (Lipinski definition) is 3. The zero-order valence-electron chi connectivity index (χ0n) is 11.0. The average Bonchev–Trinajstić information content (AvgIpc) is 2.72. The Morgan fingerprint density at radius 1 is 1.47 bits per heavy atom. The second kappa shape index (κ2) is 5.36. The van der Waals surface area contributed by atoms with Gasteiger partial charge in [-0.15, -0.1) is 0 Å². The van der Waals surface area contributed by atoms with Crippen molar-refractivity contribution in [1.82, 2.24) is 10.2 Å². The Bertz CT molecular complexity index is 283. The summed E-state index contributed by atoms with van der Waals surface area (Å²) < 4.78 is 5.64.